The summed E-state index contributed by atoms with van der Waals surface area (Å²) < 4.78 is 2.00. The molecule has 24 heavy (non-hydrogen) atoms. The molecule has 0 aliphatic rings. The standard InChI is InChI=1S/C17H18N4O3/c1-4-20-9-13(8-18)16(23)21(17(20)24)10-15(22)19-14-6-5-11(2)12(3)7-14/h5-7,9H,4,10H2,1-3H3,(H,19,22). The minimum absolute atomic E-state index is 0.171. The molecule has 0 aliphatic carbocycles. The van der Waals surface area contributed by atoms with Crippen LogP contribution in [-0.2, 0) is 17.9 Å². The largest absolute Gasteiger partial charge is 0.331 e. The van der Waals surface area contributed by atoms with E-state index in [4.69, 9.17) is 5.26 Å². The third-order valence-electron chi connectivity index (χ3n) is 3.79. The van der Waals surface area contributed by atoms with E-state index in [1.165, 1.54) is 10.8 Å². The van der Waals surface area contributed by atoms with E-state index in [1.54, 1.807) is 19.1 Å². The highest BCUT2D eigenvalue weighted by molar-refractivity contribution is 5.90. The minimum atomic E-state index is -0.762. The van der Waals surface area contributed by atoms with Crippen molar-refractivity contribution in [1.82, 2.24) is 9.13 Å². The van der Waals surface area contributed by atoms with Crippen molar-refractivity contribution in [2.24, 2.45) is 0 Å². The number of anilines is 1. The second kappa shape index (κ2) is 6.96. The molecule has 0 aliphatic heterocycles. The highest BCUT2D eigenvalue weighted by Gasteiger charge is 2.14. The molecule has 1 aromatic carbocycles. The Hall–Kier alpha value is -3.14. The first-order chi connectivity index (χ1) is 11.4. The van der Waals surface area contributed by atoms with Crippen LogP contribution in [0.15, 0.2) is 34.0 Å². The van der Waals surface area contributed by atoms with Crippen LogP contribution in [-0.4, -0.2) is 15.0 Å². The summed E-state index contributed by atoms with van der Waals surface area (Å²) in [5, 5.41) is 11.7. The minimum Gasteiger partial charge on any atom is -0.325 e. The molecule has 0 atom stereocenters. The van der Waals surface area contributed by atoms with Crippen molar-refractivity contribution in [1.29, 1.82) is 5.26 Å². The van der Waals surface area contributed by atoms with Gasteiger partial charge in [-0.05, 0) is 44.0 Å². The van der Waals surface area contributed by atoms with Gasteiger partial charge in [-0.1, -0.05) is 6.07 Å². The molecule has 7 heteroatoms. The lowest BCUT2D eigenvalue weighted by Gasteiger charge is -2.11. The Morgan fingerprint density at radius 3 is 2.54 bits per heavy atom. The predicted octanol–water partition coefficient (Wildman–Crippen LogP) is 1.16. The zero-order valence-electron chi connectivity index (χ0n) is 13.8. The van der Waals surface area contributed by atoms with E-state index in [0.29, 0.717) is 12.2 Å². The van der Waals surface area contributed by atoms with Crippen LogP contribution in [0.1, 0.15) is 23.6 Å². The van der Waals surface area contributed by atoms with Crippen LogP contribution in [0.25, 0.3) is 0 Å². The van der Waals surface area contributed by atoms with Crippen LogP contribution < -0.4 is 16.6 Å². The Balaban J connectivity index is 2.32. The molecule has 0 unspecified atom stereocenters. The monoisotopic (exact) mass is 326 g/mol. The quantitative estimate of drug-likeness (QED) is 0.911. The van der Waals surface area contributed by atoms with Gasteiger partial charge in [-0.25, -0.2) is 9.36 Å². The van der Waals surface area contributed by atoms with E-state index in [0.717, 1.165) is 15.7 Å². The summed E-state index contributed by atoms with van der Waals surface area (Å²) >= 11 is 0. The van der Waals surface area contributed by atoms with Crippen LogP contribution >= 0.6 is 0 Å². The maximum Gasteiger partial charge on any atom is 0.331 e. The number of aromatic nitrogens is 2. The molecule has 0 saturated heterocycles. The molecule has 0 fully saturated rings. The van der Waals surface area contributed by atoms with Crippen molar-refractivity contribution in [2.75, 3.05) is 5.32 Å². The molecule has 0 spiro atoms. The maximum absolute atomic E-state index is 12.2. The van der Waals surface area contributed by atoms with E-state index < -0.39 is 23.7 Å². The van der Waals surface area contributed by atoms with Crippen molar-refractivity contribution >= 4 is 11.6 Å². The van der Waals surface area contributed by atoms with Gasteiger partial charge >= 0.3 is 5.69 Å². The normalized spacial score (nSPS) is 10.2. The lowest BCUT2D eigenvalue weighted by atomic mass is 10.1. The number of rotatable bonds is 4. The summed E-state index contributed by atoms with van der Waals surface area (Å²) in [6.45, 7) is 5.45. The van der Waals surface area contributed by atoms with E-state index in [9.17, 15) is 14.4 Å². The number of carbonyl (C=O) groups excluding carboxylic acids is 1. The van der Waals surface area contributed by atoms with Gasteiger partial charge in [0.2, 0.25) is 5.91 Å². The van der Waals surface area contributed by atoms with Gasteiger partial charge in [0.1, 0.15) is 18.2 Å². The molecule has 2 rings (SSSR count). The van der Waals surface area contributed by atoms with Crippen molar-refractivity contribution in [2.45, 2.75) is 33.9 Å². The Morgan fingerprint density at radius 2 is 1.96 bits per heavy atom. The van der Waals surface area contributed by atoms with Crippen LogP contribution in [0, 0.1) is 25.2 Å². The number of hydrogen-bond donors (Lipinski definition) is 1. The summed E-state index contributed by atoms with van der Waals surface area (Å²) in [5.41, 5.74) is 1.15. The summed E-state index contributed by atoms with van der Waals surface area (Å²) in [4.78, 5) is 36.5. The third-order valence-corrected chi connectivity index (χ3v) is 3.79. The predicted molar refractivity (Wildman–Crippen MR) is 89.9 cm³/mol. The number of carbonyl (C=O) groups is 1. The van der Waals surface area contributed by atoms with Gasteiger partial charge in [-0.2, -0.15) is 5.26 Å². The lowest BCUT2D eigenvalue weighted by Crippen LogP contribution is -2.43. The van der Waals surface area contributed by atoms with Crippen LogP contribution in [0.2, 0.25) is 0 Å². The third kappa shape index (κ3) is 3.43. The molecule has 7 nitrogen and oxygen atoms in total. The summed E-state index contributed by atoms with van der Waals surface area (Å²) in [7, 11) is 0. The zero-order valence-corrected chi connectivity index (χ0v) is 13.8. The van der Waals surface area contributed by atoms with E-state index >= 15 is 0 Å². The van der Waals surface area contributed by atoms with Gasteiger partial charge in [0.05, 0.1) is 0 Å². The van der Waals surface area contributed by atoms with Crippen LogP contribution in [0.3, 0.4) is 0 Å². The van der Waals surface area contributed by atoms with E-state index in [1.807, 2.05) is 26.0 Å². The molecular formula is C17H18N4O3. The number of hydrogen-bond acceptors (Lipinski definition) is 4. The fourth-order valence-electron chi connectivity index (χ4n) is 2.26. The van der Waals surface area contributed by atoms with Crippen LogP contribution in [0.5, 0.6) is 0 Å². The Bertz CT molecular complexity index is 948. The van der Waals surface area contributed by atoms with Gasteiger partial charge in [-0.15, -0.1) is 0 Å². The van der Waals surface area contributed by atoms with Gasteiger partial charge < -0.3 is 5.32 Å². The SMILES string of the molecule is CCn1cc(C#N)c(=O)n(CC(=O)Nc2ccc(C)c(C)c2)c1=O. The van der Waals surface area contributed by atoms with Gasteiger partial charge in [0, 0.05) is 18.4 Å². The van der Waals surface area contributed by atoms with Crippen molar-refractivity contribution in [3.8, 4) is 6.07 Å². The van der Waals surface area contributed by atoms with E-state index in [2.05, 4.69) is 5.32 Å². The Morgan fingerprint density at radius 1 is 1.25 bits per heavy atom. The molecule has 0 bridgehead atoms. The molecule has 1 heterocycles. The molecule has 1 N–H and O–H groups in total. The van der Waals surface area contributed by atoms with Gasteiger partial charge in [0.25, 0.3) is 5.56 Å². The van der Waals surface area contributed by atoms with Crippen molar-refractivity contribution in [3.05, 3.63) is 61.9 Å². The summed E-state index contributed by atoms with van der Waals surface area (Å²) in [6.07, 6.45) is 1.21. The average Bonchev–Trinajstić information content (AvgIpc) is 2.55. The topological polar surface area (TPSA) is 96.9 Å². The number of nitrogens with zero attached hydrogens (tertiary/aromatic N) is 3. The molecule has 0 saturated carbocycles. The first-order valence-electron chi connectivity index (χ1n) is 7.48. The second-order valence-electron chi connectivity index (χ2n) is 5.46. The van der Waals surface area contributed by atoms with Crippen LogP contribution in [0.4, 0.5) is 5.69 Å². The number of aryl methyl sites for hydroxylation is 3. The number of nitrogens with one attached hydrogen (secondary N) is 1. The number of benzene rings is 1. The lowest BCUT2D eigenvalue weighted by molar-refractivity contribution is -0.116. The fraction of sp³-hybridized carbons (Fsp3) is 0.294. The van der Waals surface area contributed by atoms with Gasteiger partial charge in [-0.3, -0.25) is 14.2 Å². The Kier molecular flexibility index (Phi) is 4.99. The van der Waals surface area contributed by atoms with Crippen molar-refractivity contribution in [3.63, 3.8) is 0 Å². The average molecular weight is 326 g/mol. The smallest absolute Gasteiger partial charge is 0.325 e. The summed E-state index contributed by atoms with van der Waals surface area (Å²) in [5.74, 6) is -0.504. The highest BCUT2D eigenvalue weighted by atomic mass is 16.2. The fourth-order valence-corrected chi connectivity index (χ4v) is 2.26. The number of amides is 1. The number of nitriles is 1. The van der Waals surface area contributed by atoms with Crippen molar-refractivity contribution < 1.29 is 4.79 Å². The van der Waals surface area contributed by atoms with E-state index in [-0.39, 0.29) is 5.56 Å². The van der Waals surface area contributed by atoms with Gasteiger partial charge in [0.15, 0.2) is 0 Å². The second-order valence-corrected chi connectivity index (χ2v) is 5.46. The molecule has 0 radical (unpaired) electrons. The maximum atomic E-state index is 12.2. The molecule has 124 valence electrons. The molecule has 1 amide bonds. The molecule has 1 aromatic heterocycles. The molecular weight excluding hydrogens is 308 g/mol. The highest BCUT2D eigenvalue weighted by Crippen LogP contribution is 2.13. The first kappa shape index (κ1) is 17.2. The summed E-state index contributed by atoms with van der Waals surface area (Å²) in [6, 6.07) is 7.18. The molecule has 2 aromatic rings. The zero-order chi connectivity index (χ0) is 17.9. The first-order valence-corrected chi connectivity index (χ1v) is 7.48. The Labute approximate surface area is 138 Å².